The number of hydrogen-bond acceptors (Lipinski definition) is 3. The summed E-state index contributed by atoms with van der Waals surface area (Å²) in [5.74, 6) is 0. The highest BCUT2D eigenvalue weighted by atomic mass is 79.9. The maximum Gasteiger partial charge on any atom is 0.125 e. The molecule has 2 aromatic rings. The molecule has 0 aliphatic heterocycles. The molecule has 0 fully saturated rings. The van der Waals surface area contributed by atoms with E-state index in [2.05, 4.69) is 33.9 Å². The molecule has 0 saturated carbocycles. The van der Waals surface area contributed by atoms with E-state index in [0.29, 0.717) is 6.54 Å². The summed E-state index contributed by atoms with van der Waals surface area (Å²) >= 11 is 5.21. The summed E-state index contributed by atoms with van der Waals surface area (Å²) in [6, 6.07) is 8.09. The molecule has 4 heteroatoms. The zero-order valence-electron chi connectivity index (χ0n) is 8.33. The van der Waals surface area contributed by atoms with Gasteiger partial charge in [0.25, 0.3) is 0 Å². The molecule has 0 amide bonds. The fourth-order valence-corrected chi connectivity index (χ4v) is 2.95. The first-order valence-electron chi connectivity index (χ1n) is 4.63. The summed E-state index contributed by atoms with van der Waals surface area (Å²) in [6.07, 6.45) is 0. The van der Waals surface area contributed by atoms with Crippen molar-refractivity contribution in [1.82, 2.24) is 4.98 Å². The number of nitrogens with zero attached hydrogens (tertiary/aromatic N) is 1. The van der Waals surface area contributed by atoms with E-state index in [4.69, 9.17) is 5.73 Å². The van der Waals surface area contributed by atoms with Gasteiger partial charge in [0, 0.05) is 21.5 Å². The minimum absolute atomic E-state index is 0.507. The molecule has 0 atom stereocenters. The predicted octanol–water partition coefficient (Wildman–Crippen LogP) is 3.34. The quantitative estimate of drug-likeness (QED) is 0.918. The van der Waals surface area contributed by atoms with Crippen LogP contribution < -0.4 is 5.73 Å². The Morgan fingerprint density at radius 2 is 2.13 bits per heavy atom. The van der Waals surface area contributed by atoms with Gasteiger partial charge in [-0.25, -0.2) is 4.98 Å². The highest BCUT2D eigenvalue weighted by Gasteiger charge is 2.09. The molecule has 1 heterocycles. The summed E-state index contributed by atoms with van der Waals surface area (Å²) in [4.78, 5) is 5.72. The molecular formula is C11H11BrN2S. The number of benzene rings is 1. The summed E-state index contributed by atoms with van der Waals surface area (Å²) in [5, 5.41) is 1.03. The maximum atomic E-state index is 5.61. The van der Waals surface area contributed by atoms with Crippen molar-refractivity contribution in [3.63, 3.8) is 0 Å². The van der Waals surface area contributed by atoms with Crippen molar-refractivity contribution in [1.29, 1.82) is 0 Å². The van der Waals surface area contributed by atoms with E-state index in [-0.39, 0.29) is 0 Å². The van der Waals surface area contributed by atoms with Crippen LogP contribution in [0.25, 0.3) is 10.6 Å². The average molecular weight is 283 g/mol. The van der Waals surface area contributed by atoms with Gasteiger partial charge in [0.1, 0.15) is 5.01 Å². The fraction of sp³-hybridized carbons (Fsp3) is 0.182. The van der Waals surface area contributed by atoms with Gasteiger partial charge in [-0.05, 0) is 13.0 Å². The number of nitrogens with two attached hydrogens (primary N) is 1. The van der Waals surface area contributed by atoms with E-state index in [1.165, 1.54) is 4.88 Å². The van der Waals surface area contributed by atoms with Crippen molar-refractivity contribution in [2.45, 2.75) is 13.5 Å². The lowest BCUT2D eigenvalue weighted by atomic mass is 10.2. The summed E-state index contributed by atoms with van der Waals surface area (Å²) in [5.41, 5.74) is 7.73. The number of halogens is 1. The molecule has 0 saturated heterocycles. The van der Waals surface area contributed by atoms with Crippen molar-refractivity contribution in [2.24, 2.45) is 5.73 Å². The lowest BCUT2D eigenvalue weighted by Crippen LogP contribution is -1.97. The minimum Gasteiger partial charge on any atom is -0.325 e. The van der Waals surface area contributed by atoms with Gasteiger partial charge in [0.15, 0.2) is 0 Å². The highest BCUT2D eigenvalue weighted by Crippen LogP contribution is 2.32. The molecule has 2 nitrogen and oxygen atoms in total. The SMILES string of the molecule is Cc1sc(-c2ccccc2Br)nc1CN. The maximum absolute atomic E-state index is 5.61. The lowest BCUT2D eigenvalue weighted by Gasteiger charge is -1.98. The van der Waals surface area contributed by atoms with E-state index < -0.39 is 0 Å². The second-order valence-electron chi connectivity index (χ2n) is 3.21. The standard InChI is InChI=1S/C11H11BrN2S/c1-7-10(6-13)14-11(15-7)8-4-2-3-5-9(8)12/h2-5H,6,13H2,1H3. The van der Waals surface area contributed by atoms with Gasteiger partial charge in [0.2, 0.25) is 0 Å². The molecule has 1 aromatic heterocycles. The van der Waals surface area contributed by atoms with Crippen molar-refractivity contribution < 1.29 is 0 Å². The van der Waals surface area contributed by atoms with E-state index >= 15 is 0 Å². The molecule has 0 radical (unpaired) electrons. The third kappa shape index (κ3) is 2.12. The first-order valence-corrected chi connectivity index (χ1v) is 6.24. The normalized spacial score (nSPS) is 10.6. The Kier molecular flexibility index (Phi) is 3.19. The smallest absolute Gasteiger partial charge is 0.125 e. The molecular weight excluding hydrogens is 272 g/mol. The van der Waals surface area contributed by atoms with Crippen LogP contribution in [-0.2, 0) is 6.54 Å². The fourth-order valence-electron chi connectivity index (χ4n) is 1.37. The van der Waals surface area contributed by atoms with Crippen LogP contribution in [0, 0.1) is 6.92 Å². The van der Waals surface area contributed by atoms with Crippen LogP contribution >= 0.6 is 27.3 Å². The second kappa shape index (κ2) is 4.43. The number of rotatable bonds is 2. The van der Waals surface area contributed by atoms with Gasteiger partial charge in [-0.1, -0.05) is 34.1 Å². The average Bonchev–Trinajstić information content (AvgIpc) is 2.60. The number of aromatic nitrogens is 1. The van der Waals surface area contributed by atoms with Crippen molar-refractivity contribution in [2.75, 3.05) is 0 Å². The van der Waals surface area contributed by atoms with Gasteiger partial charge in [-0.2, -0.15) is 0 Å². The third-order valence-electron chi connectivity index (χ3n) is 2.19. The minimum atomic E-state index is 0.507. The Balaban J connectivity index is 2.50. The van der Waals surface area contributed by atoms with Crippen molar-refractivity contribution >= 4 is 27.3 Å². The predicted molar refractivity (Wildman–Crippen MR) is 67.9 cm³/mol. The summed E-state index contributed by atoms with van der Waals surface area (Å²) < 4.78 is 1.07. The molecule has 0 aliphatic rings. The summed E-state index contributed by atoms with van der Waals surface area (Å²) in [7, 11) is 0. The summed E-state index contributed by atoms with van der Waals surface area (Å²) in [6.45, 7) is 2.56. The van der Waals surface area contributed by atoms with E-state index in [1.54, 1.807) is 11.3 Å². The van der Waals surface area contributed by atoms with Gasteiger partial charge in [0.05, 0.1) is 5.69 Å². The first kappa shape index (κ1) is 10.8. The van der Waals surface area contributed by atoms with Crippen LogP contribution in [0.2, 0.25) is 0 Å². The van der Waals surface area contributed by atoms with Crippen molar-refractivity contribution in [3.05, 3.63) is 39.3 Å². The Morgan fingerprint density at radius 1 is 1.40 bits per heavy atom. The first-order chi connectivity index (χ1) is 7.22. The van der Waals surface area contributed by atoms with E-state index in [0.717, 1.165) is 20.7 Å². The van der Waals surface area contributed by atoms with Gasteiger partial charge in [-0.3, -0.25) is 0 Å². The van der Waals surface area contributed by atoms with E-state index in [1.807, 2.05) is 18.2 Å². The van der Waals surface area contributed by atoms with Crippen LogP contribution in [0.5, 0.6) is 0 Å². The molecule has 0 aliphatic carbocycles. The topological polar surface area (TPSA) is 38.9 Å². The molecule has 0 spiro atoms. The van der Waals surface area contributed by atoms with Gasteiger partial charge >= 0.3 is 0 Å². The van der Waals surface area contributed by atoms with Crippen LogP contribution in [0.4, 0.5) is 0 Å². The molecule has 78 valence electrons. The Hall–Kier alpha value is -0.710. The molecule has 1 aromatic carbocycles. The molecule has 0 unspecified atom stereocenters. The van der Waals surface area contributed by atoms with Crippen molar-refractivity contribution in [3.8, 4) is 10.6 Å². The van der Waals surface area contributed by atoms with Gasteiger partial charge in [-0.15, -0.1) is 11.3 Å². The Bertz CT molecular complexity index is 479. The van der Waals surface area contributed by atoms with Crippen LogP contribution in [0.3, 0.4) is 0 Å². The number of aryl methyl sites for hydroxylation is 1. The van der Waals surface area contributed by atoms with Crippen LogP contribution in [-0.4, -0.2) is 4.98 Å². The molecule has 15 heavy (non-hydrogen) atoms. The van der Waals surface area contributed by atoms with Crippen LogP contribution in [0.1, 0.15) is 10.6 Å². The second-order valence-corrected chi connectivity index (χ2v) is 5.26. The lowest BCUT2D eigenvalue weighted by molar-refractivity contribution is 0.998. The molecule has 0 bridgehead atoms. The zero-order chi connectivity index (χ0) is 10.8. The third-order valence-corrected chi connectivity index (χ3v) is 3.93. The molecule has 2 N–H and O–H groups in total. The highest BCUT2D eigenvalue weighted by molar-refractivity contribution is 9.10. The monoisotopic (exact) mass is 282 g/mol. The van der Waals surface area contributed by atoms with E-state index in [9.17, 15) is 0 Å². The Morgan fingerprint density at radius 3 is 2.73 bits per heavy atom. The number of hydrogen-bond donors (Lipinski definition) is 1. The van der Waals surface area contributed by atoms with Crippen LogP contribution in [0.15, 0.2) is 28.7 Å². The molecule has 2 rings (SSSR count). The largest absolute Gasteiger partial charge is 0.325 e. The van der Waals surface area contributed by atoms with Gasteiger partial charge < -0.3 is 5.73 Å². The zero-order valence-corrected chi connectivity index (χ0v) is 10.7. The number of thiazole rings is 1. The Labute approximate surface area is 101 Å².